The highest BCUT2D eigenvalue weighted by atomic mass is 35.5. The van der Waals surface area contributed by atoms with E-state index in [9.17, 15) is 13.2 Å². The van der Waals surface area contributed by atoms with Crippen molar-refractivity contribution in [3.8, 4) is 0 Å². The minimum atomic E-state index is -3.83. The molecule has 0 unspecified atom stereocenters. The van der Waals surface area contributed by atoms with Gasteiger partial charge in [-0.15, -0.1) is 11.3 Å². The molecule has 0 aliphatic heterocycles. The van der Waals surface area contributed by atoms with E-state index >= 15 is 0 Å². The fourth-order valence-electron chi connectivity index (χ4n) is 2.79. The van der Waals surface area contributed by atoms with Gasteiger partial charge < -0.3 is 0 Å². The molecule has 0 spiro atoms. The average molecular weight is 424 g/mol. The Bertz CT molecular complexity index is 1090. The van der Waals surface area contributed by atoms with Gasteiger partial charge in [0, 0.05) is 17.3 Å². The Morgan fingerprint density at radius 3 is 2.44 bits per heavy atom. The highest BCUT2D eigenvalue weighted by Crippen LogP contribution is 2.32. The topological polar surface area (TPSA) is 72.3 Å². The largest absolute Gasteiger partial charge is 0.290 e. The predicted octanol–water partition coefficient (Wildman–Crippen LogP) is 4.12. The Morgan fingerprint density at radius 1 is 1.22 bits per heavy atom. The van der Waals surface area contributed by atoms with Crippen LogP contribution in [0.15, 0.2) is 46.7 Å². The quantitative estimate of drug-likeness (QED) is 0.618. The summed E-state index contributed by atoms with van der Waals surface area (Å²) in [6.45, 7) is 5.49. The average Bonchev–Trinajstić information content (AvgIpc) is 3.21. The smallest absolute Gasteiger partial charge is 0.266 e. The first-order valence-electron chi connectivity index (χ1n) is 8.19. The van der Waals surface area contributed by atoms with E-state index in [0.29, 0.717) is 21.3 Å². The zero-order valence-electron chi connectivity index (χ0n) is 15.0. The number of nitrogens with zero attached hydrogens (tertiary/aromatic N) is 3. The number of halogens is 1. The molecule has 2 aromatic heterocycles. The molecule has 0 aliphatic rings. The van der Waals surface area contributed by atoms with Crippen molar-refractivity contribution in [3.05, 3.63) is 63.1 Å². The first-order valence-corrected chi connectivity index (χ1v) is 10.9. The highest BCUT2D eigenvalue weighted by molar-refractivity contribution is 7.92. The molecule has 0 amide bonds. The third-order valence-electron chi connectivity index (χ3n) is 4.00. The number of benzene rings is 1. The van der Waals surface area contributed by atoms with E-state index in [2.05, 4.69) is 5.10 Å². The van der Waals surface area contributed by atoms with Gasteiger partial charge in [-0.25, -0.2) is 13.1 Å². The molecule has 142 valence electrons. The second-order valence-electron chi connectivity index (χ2n) is 5.90. The van der Waals surface area contributed by atoms with Crippen molar-refractivity contribution in [2.75, 3.05) is 10.8 Å². The maximum atomic E-state index is 13.1. The van der Waals surface area contributed by atoms with Gasteiger partial charge in [-0.1, -0.05) is 11.6 Å². The van der Waals surface area contributed by atoms with Gasteiger partial charge in [0.05, 0.1) is 16.3 Å². The van der Waals surface area contributed by atoms with Crippen LogP contribution in [0.4, 0.5) is 5.69 Å². The molecule has 2 heterocycles. The van der Waals surface area contributed by atoms with Crippen LogP contribution in [0.2, 0.25) is 5.02 Å². The van der Waals surface area contributed by atoms with Crippen molar-refractivity contribution < 1.29 is 13.2 Å². The number of sulfonamides is 1. The highest BCUT2D eigenvalue weighted by Gasteiger charge is 2.29. The van der Waals surface area contributed by atoms with Gasteiger partial charge in [0.25, 0.3) is 15.9 Å². The lowest BCUT2D eigenvalue weighted by Crippen LogP contribution is -2.32. The molecule has 3 aromatic rings. The number of aromatic nitrogens is 2. The maximum Gasteiger partial charge on any atom is 0.290 e. The summed E-state index contributed by atoms with van der Waals surface area (Å²) in [6, 6.07) is 9.40. The van der Waals surface area contributed by atoms with E-state index in [-0.39, 0.29) is 17.3 Å². The third kappa shape index (κ3) is 3.65. The molecular weight excluding hydrogens is 406 g/mol. The summed E-state index contributed by atoms with van der Waals surface area (Å²) < 4.78 is 28.7. The summed E-state index contributed by atoms with van der Waals surface area (Å²) in [5, 5.41) is 6.37. The summed E-state index contributed by atoms with van der Waals surface area (Å²) in [7, 11) is -3.83. The molecule has 0 saturated heterocycles. The molecule has 6 nitrogen and oxygen atoms in total. The van der Waals surface area contributed by atoms with Crippen molar-refractivity contribution >= 4 is 44.6 Å². The first kappa shape index (κ1) is 19.6. The van der Waals surface area contributed by atoms with E-state index in [4.69, 9.17) is 11.6 Å². The summed E-state index contributed by atoms with van der Waals surface area (Å²) >= 11 is 7.06. The Balaban J connectivity index is 2.05. The van der Waals surface area contributed by atoms with Gasteiger partial charge in [0.1, 0.15) is 4.88 Å². The molecule has 0 saturated carbocycles. The third-order valence-corrected chi connectivity index (χ3v) is 7.04. The number of rotatable bonds is 5. The van der Waals surface area contributed by atoms with E-state index in [0.717, 1.165) is 5.69 Å². The SMILES string of the molecule is CCN(c1ccsc1C(=O)n1nc(C)cc1C)S(=O)(=O)c1ccc(Cl)cc1. The van der Waals surface area contributed by atoms with Crippen molar-refractivity contribution in [3.63, 3.8) is 0 Å². The molecule has 0 atom stereocenters. The minimum absolute atomic E-state index is 0.115. The van der Waals surface area contributed by atoms with Crippen LogP contribution in [0.3, 0.4) is 0 Å². The molecule has 3 rings (SSSR count). The molecule has 27 heavy (non-hydrogen) atoms. The standard InChI is InChI=1S/C18H18ClN3O3S2/c1-4-21(27(24,25)15-7-5-14(19)6-8-15)16-9-10-26-17(16)18(23)22-13(3)11-12(2)20-22/h5-11H,4H2,1-3H3. The van der Waals surface area contributed by atoms with Gasteiger partial charge >= 0.3 is 0 Å². The van der Waals surface area contributed by atoms with Crippen molar-refractivity contribution in [2.24, 2.45) is 0 Å². The molecule has 1 aromatic carbocycles. The van der Waals surface area contributed by atoms with Crippen LogP contribution in [-0.4, -0.2) is 30.7 Å². The van der Waals surface area contributed by atoms with E-state index in [1.54, 1.807) is 38.3 Å². The zero-order valence-corrected chi connectivity index (χ0v) is 17.4. The lowest BCUT2D eigenvalue weighted by molar-refractivity contribution is 0.0947. The summed E-state index contributed by atoms with van der Waals surface area (Å²) in [5.74, 6) is -0.352. The Hall–Kier alpha value is -2.16. The molecule has 9 heteroatoms. The molecular formula is C18H18ClN3O3S2. The zero-order chi connectivity index (χ0) is 19.8. The van der Waals surface area contributed by atoms with E-state index in [1.807, 2.05) is 0 Å². The van der Waals surface area contributed by atoms with Gasteiger partial charge in [-0.2, -0.15) is 5.10 Å². The normalized spacial score (nSPS) is 11.6. The summed E-state index contributed by atoms with van der Waals surface area (Å²) in [4.78, 5) is 13.4. The fraction of sp³-hybridized carbons (Fsp3) is 0.222. The Kier molecular flexibility index (Phi) is 5.41. The number of thiophene rings is 1. The van der Waals surface area contributed by atoms with Crippen LogP contribution >= 0.6 is 22.9 Å². The maximum absolute atomic E-state index is 13.1. The van der Waals surface area contributed by atoms with Crippen molar-refractivity contribution in [1.29, 1.82) is 0 Å². The van der Waals surface area contributed by atoms with Crippen LogP contribution < -0.4 is 4.31 Å². The first-order chi connectivity index (χ1) is 12.8. The Labute approximate surface area is 167 Å². The number of carbonyl (C=O) groups is 1. The Morgan fingerprint density at radius 2 is 1.89 bits per heavy atom. The number of hydrogen-bond donors (Lipinski definition) is 0. The second-order valence-corrected chi connectivity index (χ2v) is 9.12. The molecule has 0 aliphatic carbocycles. The molecule has 0 fully saturated rings. The van der Waals surface area contributed by atoms with Crippen LogP contribution in [0.25, 0.3) is 0 Å². The molecule has 0 N–H and O–H groups in total. The lowest BCUT2D eigenvalue weighted by Gasteiger charge is -2.23. The van der Waals surface area contributed by atoms with E-state index in [1.165, 1.54) is 44.6 Å². The molecule has 0 bridgehead atoms. The van der Waals surface area contributed by atoms with E-state index < -0.39 is 10.0 Å². The number of aryl methyl sites for hydroxylation is 2. The summed E-state index contributed by atoms with van der Waals surface area (Å²) in [5.41, 5.74) is 1.76. The van der Waals surface area contributed by atoms with Gasteiger partial charge in [0.15, 0.2) is 0 Å². The summed E-state index contributed by atoms with van der Waals surface area (Å²) in [6.07, 6.45) is 0. The van der Waals surface area contributed by atoms with Crippen LogP contribution in [0.5, 0.6) is 0 Å². The monoisotopic (exact) mass is 423 g/mol. The van der Waals surface area contributed by atoms with Crippen molar-refractivity contribution in [2.45, 2.75) is 25.7 Å². The minimum Gasteiger partial charge on any atom is -0.266 e. The fourth-order valence-corrected chi connectivity index (χ4v) is 5.28. The predicted molar refractivity (Wildman–Crippen MR) is 107 cm³/mol. The second kappa shape index (κ2) is 7.46. The van der Waals surface area contributed by atoms with Crippen molar-refractivity contribution in [1.82, 2.24) is 9.78 Å². The van der Waals surface area contributed by atoms with Crippen LogP contribution in [-0.2, 0) is 10.0 Å². The number of hydrogen-bond acceptors (Lipinski definition) is 5. The van der Waals surface area contributed by atoms with Gasteiger partial charge in [0.2, 0.25) is 0 Å². The lowest BCUT2D eigenvalue weighted by atomic mass is 10.3. The molecule has 0 radical (unpaired) electrons. The van der Waals surface area contributed by atoms with Gasteiger partial charge in [-0.3, -0.25) is 9.10 Å². The number of anilines is 1. The number of carbonyl (C=O) groups excluding carboxylic acids is 1. The van der Waals surface area contributed by atoms with Crippen LogP contribution in [0, 0.1) is 13.8 Å². The van der Waals surface area contributed by atoms with Crippen LogP contribution in [0.1, 0.15) is 28.0 Å². The van der Waals surface area contributed by atoms with Gasteiger partial charge in [-0.05, 0) is 62.5 Å².